The number of carbonyl (C=O) groups excluding carboxylic acids is 1. The Bertz CT molecular complexity index is 1340. The number of aliphatic imine (C=N–C) groups is 1. The van der Waals surface area contributed by atoms with Crippen molar-refractivity contribution in [3.05, 3.63) is 82.9 Å². The molecule has 0 saturated carbocycles. The fraction of sp³-hybridized carbons (Fsp3) is 0.355. The molecule has 1 aliphatic heterocycles. The lowest BCUT2D eigenvalue weighted by molar-refractivity contribution is -0.137. The van der Waals surface area contributed by atoms with Crippen molar-refractivity contribution in [3.8, 4) is 11.8 Å². The third-order valence-corrected chi connectivity index (χ3v) is 7.36. The topological polar surface area (TPSA) is 100.0 Å². The monoisotopic (exact) mass is 544 g/mol. The van der Waals surface area contributed by atoms with E-state index in [1.54, 1.807) is 19.2 Å². The zero-order chi connectivity index (χ0) is 27.6. The molecule has 3 aromatic carbocycles. The maximum Gasteiger partial charge on any atom is 0.252 e. The van der Waals surface area contributed by atoms with Gasteiger partial charge in [-0.2, -0.15) is 0 Å². The summed E-state index contributed by atoms with van der Waals surface area (Å²) in [5.41, 5.74) is 13.2. The molecule has 0 spiro atoms. The number of piperazine rings is 1. The van der Waals surface area contributed by atoms with Crippen LogP contribution < -0.4 is 16.8 Å². The molecule has 0 aliphatic carbocycles. The Labute approximate surface area is 236 Å². The van der Waals surface area contributed by atoms with Crippen molar-refractivity contribution >= 4 is 34.2 Å². The minimum atomic E-state index is -0.593. The fourth-order valence-electron chi connectivity index (χ4n) is 4.99. The Balaban J connectivity index is 1.42. The Morgan fingerprint density at radius 2 is 1.87 bits per heavy atom. The normalized spacial score (nSPS) is 16.4. The molecule has 204 valence electrons. The van der Waals surface area contributed by atoms with Crippen LogP contribution in [0.3, 0.4) is 0 Å². The van der Waals surface area contributed by atoms with Gasteiger partial charge in [0.1, 0.15) is 6.04 Å². The number of nitrogens with two attached hydrogens (primary N) is 2. The number of benzene rings is 3. The van der Waals surface area contributed by atoms with Crippen molar-refractivity contribution in [2.24, 2.45) is 16.5 Å². The summed E-state index contributed by atoms with van der Waals surface area (Å²) in [7, 11) is 1.77. The van der Waals surface area contributed by atoms with E-state index in [0.717, 1.165) is 44.5 Å². The number of nitrogens with zero attached hydrogens (tertiary/aromatic N) is 3. The van der Waals surface area contributed by atoms with E-state index >= 15 is 0 Å². The third kappa shape index (κ3) is 8.21. The van der Waals surface area contributed by atoms with E-state index in [2.05, 4.69) is 69.5 Å². The van der Waals surface area contributed by atoms with Crippen LogP contribution in [0.2, 0.25) is 5.02 Å². The summed E-state index contributed by atoms with van der Waals surface area (Å²) in [5.74, 6) is 6.32. The first-order valence-electron chi connectivity index (χ1n) is 13.4. The van der Waals surface area contributed by atoms with Crippen molar-refractivity contribution in [2.45, 2.75) is 31.3 Å². The Morgan fingerprint density at radius 3 is 2.62 bits per heavy atom. The van der Waals surface area contributed by atoms with E-state index in [-0.39, 0.29) is 17.9 Å². The lowest BCUT2D eigenvalue weighted by atomic mass is 10.0. The maximum absolute atomic E-state index is 13.6. The molecule has 0 radical (unpaired) electrons. The van der Waals surface area contributed by atoms with Crippen LogP contribution in [0.1, 0.15) is 24.0 Å². The largest absolute Gasteiger partial charge is 0.370 e. The van der Waals surface area contributed by atoms with Gasteiger partial charge in [0.2, 0.25) is 0 Å². The van der Waals surface area contributed by atoms with Crippen molar-refractivity contribution in [1.29, 1.82) is 0 Å². The zero-order valence-electron chi connectivity index (χ0n) is 22.4. The van der Waals surface area contributed by atoms with Gasteiger partial charge >= 0.3 is 0 Å². The first-order chi connectivity index (χ1) is 18.9. The highest BCUT2D eigenvalue weighted by Crippen LogP contribution is 2.19. The summed E-state index contributed by atoms with van der Waals surface area (Å²) in [5, 5.41) is 6.27. The van der Waals surface area contributed by atoms with Gasteiger partial charge in [-0.25, -0.2) is 0 Å². The lowest BCUT2D eigenvalue weighted by Gasteiger charge is -2.42. The average Bonchev–Trinajstić information content (AvgIpc) is 2.95. The molecule has 1 aliphatic rings. The number of halogens is 1. The molecule has 1 heterocycles. The predicted molar refractivity (Wildman–Crippen MR) is 161 cm³/mol. The minimum absolute atomic E-state index is 0.0000160. The van der Waals surface area contributed by atoms with Crippen LogP contribution in [0.4, 0.5) is 0 Å². The number of guanidine groups is 1. The molecule has 0 aromatic heterocycles. The molecule has 2 atom stereocenters. The summed E-state index contributed by atoms with van der Waals surface area (Å²) < 4.78 is 0. The molecule has 3 aromatic rings. The van der Waals surface area contributed by atoms with Crippen LogP contribution in [0.5, 0.6) is 0 Å². The molecule has 0 unspecified atom stereocenters. The highest BCUT2D eigenvalue weighted by Gasteiger charge is 2.32. The van der Waals surface area contributed by atoms with Crippen LogP contribution in [-0.2, 0) is 11.2 Å². The summed E-state index contributed by atoms with van der Waals surface area (Å²) in [4.78, 5) is 22.2. The second kappa shape index (κ2) is 14.0. The van der Waals surface area contributed by atoms with Gasteiger partial charge in [0, 0.05) is 49.4 Å². The molecule has 1 fully saturated rings. The van der Waals surface area contributed by atoms with Gasteiger partial charge in [0.05, 0.1) is 0 Å². The number of fused-ring (bicyclic) bond motifs is 1. The minimum Gasteiger partial charge on any atom is -0.370 e. The number of nitrogens with one attached hydrogen (secondary N) is 1. The molecule has 0 bridgehead atoms. The first kappa shape index (κ1) is 28.4. The summed E-state index contributed by atoms with van der Waals surface area (Å²) >= 11 is 5.98. The van der Waals surface area contributed by atoms with Crippen molar-refractivity contribution in [1.82, 2.24) is 15.1 Å². The van der Waals surface area contributed by atoms with E-state index in [1.165, 1.54) is 16.3 Å². The Kier molecular flexibility index (Phi) is 10.2. The molecule has 8 heteroatoms. The SMILES string of the molecule is CN[C@H](C#Cc1ccc(Cl)cc1)C(=O)N1CCN(CCc2ccc3ccccc3c2)C[C@@H]1CCCN=C(N)N. The average molecular weight is 545 g/mol. The number of rotatable bonds is 9. The molecule has 39 heavy (non-hydrogen) atoms. The second-order valence-electron chi connectivity index (χ2n) is 9.86. The highest BCUT2D eigenvalue weighted by molar-refractivity contribution is 6.30. The van der Waals surface area contributed by atoms with Crippen LogP contribution in [0.15, 0.2) is 71.7 Å². The number of hydrogen-bond donors (Lipinski definition) is 3. The van der Waals surface area contributed by atoms with Crippen LogP contribution in [0, 0.1) is 11.8 Å². The number of carbonyl (C=O) groups is 1. The van der Waals surface area contributed by atoms with Crippen molar-refractivity contribution in [3.63, 3.8) is 0 Å². The summed E-state index contributed by atoms with van der Waals surface area (Å²) in [6.45, 7) is 3.78. The number of hydrogen-bond acceptors (Lipinski definition) is 4. The van der Waals surface area contributed by atoms with E-state index in [4.69, 9.17) is 23.1 Å². The van der Waals surface area contributed by atoms with Crippen molar-refractivity contribution in [2.75, 3.05) is 39.8 Å². The predicted octanol–water partition coefficient (Wildman–Crippen LogP) is 3.24. The van der Waals surface area contributed by atoms with E-state index in [9.17, 15) is 4.79 Å². The highest BCUT2D eigenvalue weighted by atomic mass is 35.5. The van der Waals surface area contributed by atoms with Gasteiger partial charge in [-0.15, -0.1) is 0 Å². The van der Waals surface area contributed by atoms with Crippen LogP contribution in [0.25, 0.3) is 10.8 Å². The quantitative estimate of drug-likeness (QED) is 0.166. The molecule has 1 amide bonds. The van der Waals surface area contributed by atoms with Crippen LogP contribution >= 0.6 is 11.6 Å². The molecule has 5 N–H and O–H groups in total. The zero-order valence-corrected chi connectivity index (χ0v) is 23.2. The molecule has 7 nitrogen and oxygen atoms in total. The van der Waals surface area contributed by atoms with Gasteiger partial charge in [-0.1, -0.05) is 65.9 Å². The van der Waals surface area contributed by atoms with Gasteiger partial charge in [0.15, 0.2) is 5.96 Å². The van der Waals surface area contributed by atoms with Gasteiger partial charge in [-0.05, 0) is 66.9 Å². The smallest absolute Gasteiger partial charge is 0.252 e. The molecular formula is C31H37ClN6O. The summed E-state index contributed by atoms with van der Waals surface area (Å²) in [6, 6.07) is 21.9. The lowest BCUT2D eigenvalue weighted by Crippen LogP contribution is -2.58. The Hall–Kier alpha value is -3.57. The molecule has 1 saturated heterocycles. The third-order valence-electron chi connectivity index (χ3n) is 7.11. The number of amides is 1. The van der Waals surface area contributed by atoms with Crippen LogP contribution in [-0.4, -0.2) is 73.5 Å². The fourth-order valence-corrected chi connectivity index (χ4v) is 5.11. The van der Waals surface area contributed by atoms with Gasteiger partial charge < -0.3 is 16.4 Å². The van der Waals surface area contributed by atoms with Gasteiger partial charge in [-0.3, -0.25) is 20.0 Å². The van der Waals surface area contributed by atoms with E-state index in [0.29, 0.717) is 18.1 Å². The summed E-state index contributed by atoms with van der Waals surface area (Å²) in [6.07, 6.45) is 2.58. The molecular weight excluding hydrogens is 508 g/mol. The molecule has 4 rings (SSSR count). The van der Waals surface area contributed by atoms with E-state index in [1.807, 2.05) is 17.0 Å². The van der Waals surface area contributed by atoms with E-state index < -0.39 is 6.04 Å². The second-order valence-corrected chi connectivity index (χ2v) is 10.3. The standard InChI is InChI=1S/C31H37ClN6O/c1-35-29(15-11-23-9-13-27(32)14-10-23)30(39)38-20-19-37(22-28(38)7-4-17-36-31(33)34)18-16-24-8-12-25-5-2-3-6-26(25)21-24/h2-3,5-6,8-10,12-14,21,28-29,35H,4,7,16-20,22H2,1H3,(H4,33,34,36)/t28-,29+/m0/s1. The number of likely N-dealkylation sites (N-methyl/N-ethyl adjacent to an activating group) is 1. The Morgan fingerprint density at radius 1 is 1.10 bits per heavy atom. The maximum atomic E-state index is 13.6. The first-order valence-corrected chi connectivity index (χ1v) is 13.8. The van der Waals surface area contributed by atoms with Gasteiger partial charge in [0.25, 0.3) is 5.91 Å². The van der Waals surface area contributed by atoms with Crippen molar-refractivity contribution < 1.29 is 4.79 Å².